The van der Waals surface area contributed by atoms with Crippen LogP contribution in [-0.2, 0) is 5.66 Å². The molecule has 13 rings (SSSR count). The Labute approximate surface area is 285 Å². The molecule has 3 aromatic heterocycles. The van der Waals surface area contributed by atoms with Crippen LogP contribution in [0.15, 0.2) is 146 Å². The fourth-order valence-electron chi connectivity index (χ4n) is 9.46. The van der Waals surface area contributed by atoms with E-state index in [1.54, 1.807) is 0 Å². The summed E-state index contributed by atoms with van der Waals surface area (Å²) in [5.74, 6) is 10.1. The number of hydrogen-bond acceptors (Lipinski definition) is 1. The Morgan fingerprint density at radius 3 is 2.32 bits per heavy atom. The van der Waals surface area contributed by atoms with E-state index >= 15 is 0 Å². The van der Waals surface area contributed by atoms with Gasteiger partial charge in [-0.1, -0.05) is 89.3 Å². The summed E-state index contributed by atoms with van der Waals surface area (Å²) in [7, 11) is 0. The van der Waals surface area contributed by atoms with Crippen molar-refractivity contribution < 1.29 is 14.0 Å². The van der Waals surface area contributed by atoms with Gasteiger partial charge in [-0.15, -0.1) is 4.68 Å². The summed E-state index contributed by atoms with van der Waals surface area (Å²) in [5, 5.41) is 10.0. The Bertz CT molecular complexity index is 3250. The van der Waals surface area contributed by atoms with Crippen LogP contribution < -0.4 is 14.0 Å². The molecule has 0 radical (unpaired) electrons. The van der Waals surface area contributed by atoms with E-state index in [0.29, 0.717) is 0 Å². The molecular formula is C45H24N4O+2. The summed E-state index contributed by atoms with van der Waals surface area (Å²) in [5.41, 5.74) is 7.00. The van der Waals surface area contributed by atoms with Crippen molar-refractivity contribution in [3.8, 4) is 34.8 Å². The van der Waals surface area contributed by atoms with Gasteiger partial charge in [0.1, 0.15) is 33.8 Å². The van der Waals surface area contributed by atoms with Crippen molar-refractivity contribution in [2.75, 3.05) is 0 Å². The predicted octanol–water partition coefficient (Wildman–Crippen LogP) is 8.48. The van der Waals surface area contributed by atoms with E-state index in [9.17, 15) is 0 Å². The molecule has 0 amide bonds. The summed E-state index contributed by atoms with van der Waals surface area (Å²) in [6.07, 6.45) is 6.62. The first kappa shape index (κ1) is 25.2. The molecule has 0 fully saturated rings. The van der Waals surface area contributed by atoms with Crippen LogP contribution in [0, 0.1) is 11.8 Å². The molecule has 1 atom stereocenters. The van der Waals surface area contributed by atoms with Gasteiger partial charge in [0.2, 0.25) is 6.20 Å². The molecule has 0 N–H and O–H groups in total. The van der Waals surface area contributed by atoms with Crippen molar-refractivity contribution in [2.45, 2.75) is 5.66 Å². The van der Waals surface area contributed by atoms with Gasteiger partial charge in [-0.25, -0.2) is 0 Å². The van der Waals surface area contributed by atoms with Crippen LogP contribution in [0.2, 0.25) is 0 Å². The second-order valence-electron chi connectivity index (χ2n) is 13.7. The van der Waals surface area contributed by atoms with E-state index < -0.39 is 5.66 Å². The highest BCUT2D eigenvalue weighted by atomic mass is 16.5. The molecule has 1 spiro atoms. The minimum Gasteiger partial charge on any atom is -0.456 e. The summed E-state index contributed by atoms with van der Waals surface area (Å²) in [6.45, 7) is 0. The average molecular weight is 637 g/mol. The number of para-hydroxylation sites is 1. The predicted molar refractivity (Wildman–Crippen MR) is 195 cm³/mol. The summed E-state index contributed by atoms with van der Waals surface area (Å²) < 4.78 is 16.3. The fraction of sp³-hybridized carbons (Fsp3) is 0.0222. The van der Waals surface area contributed by atoms with E-state index in [2.05, 4.69) is 176 Å². The molecule has 0 bridgehead atoms. The highest BCUT2D eigenvalue weighted by Crippen LogP contribution is 2.55. The number of hydrogen-bond donors (Lipinski definition) is 0. The van der Waals surface area contributed by atoms with Gasteiger partial charge in [0.05, 0.1) is 12.4 Å². The average Bonchev–Trinajstić information content (AvgIpc) is 3.83. The quantitative estimate of drug-likeness (QED) is 0.0932. The number of benzene rings is 7. The smallest absolute Gasteiger partial charge is 0.397 e. The van der Waals surface area contributed by atoms with Crippen molar-refractivity contribution in [1.29, 1.82) is 0 Å². The van der Waals surface area contributed by atoms with Gasteiger partial charge < -0.3 is 4.74 Å². The molecule has 3 aliphatic rings. The number of fused-ring (bicyclic) bond motifs is 7. The van der Waals surface area contributed by atoms with Crippen LogP contribution in [-0.4, -0.2) is 9.25 Å². The van der Waals surface area contributed by atoms with Gasteiger partial charge in [0.25, 0.3) is 5.82 Å². The fourth-order valence-corrected chi connectivity index (χ4v) is 9.46. The van der Waals surface area contributed by atoms with Crippen LogP contribution in [0.1, 0.15) is 22.3 Å². The summed E-state index contributed by atoms with van der Waals surface area (Å²) in [6, 6.07) is 45.8. The maximum absolute atomic E-state index is 6.79. The highest BCUT2D eigenvalue weighted by Gasteiger charge is 2.68. The Kier molecular flexibility index (Phi) is 4.22. The second kappa shape index (κ2) is 8.38. The van der Waals surface area contributed by atoms with Crippen LogP contribution in [0.5, 0.6) is 11.5 Å². The van der Waals surface area contributed by atoms with E-state index in [1.165, 1.54) is 54.1 Å². The zero-order chi connectivity index (χ0) is 32.3. The van der Waals surface area contributed by atoms with Gasteiger partial charge in [0, 0.05) is 22.4 Å². The van der Waals surface area contributed by atoms with Crippen LogP contribution in [0.25, 0.3) is 65.6 Å². The lowest BCUT2D eigenvalue weighted by molar-refractivity contribution is -0.993. The molecule has 5 heteroatoms. The molecule has 1 unspecified atom stereocenters. The zero-order valence-corrected chi connectivity index (χ0v) is 26.6. The lowest BCUT2D eigenvalue weighted by Gasteiger charge is -2.32. The van der Waals surface area contributed by atoms with E-state index in [1.807, 2.05) is 0 Å². The van der Waals surface area contributed by atoms with Gasteiger partial charge in [-0.3, -0.25) is 0 Å². The molecule has 50 heavy (non-hydrogen) atoms. The number of ether oxygens (including phenoxy) is 1. The zero-order valence-electron chi connectivity index (χ0n) is 26.6. The van der Waals surface area contributed by atoms with Gasteiger partial charge in [0.15, 0.2) is 11.1 Å². The minimum absolute atomic E-state index is 0.715. The molecule has 0 saturated heterocycles. The number of pyridine rings is 1. The van der Waals surface area contributed by atoms with Gasteiger partial charge in [-0.2, -0.15) is 9.13 Å². The number of aromatic nitrogens is 4. The lowest BCUT2D eigenvalue weighted by Crippen LogP contribution is -2.76. The molecule has 5 nitrogen and oxygen atoms in total. The van der Waals surface area contributed by atoms with Crippen LogP contribution in [0.3, 0.4) is 0 Å². The third kappa shape index (κ3) is 2.71. The Morgan fingerprint density at radius 2 is 1.38 bits per heavy atom. The van der Waals surface area contributed by atoms with Crippen molar-refractivity contribution in [3.05, 3.63) is 168 Å². The standard InChI is InChI=1S/C45H24N4O/c1-2-10-35-33(9-1)34-22-23-38-43-44(34)49(35)39-13-3-4-24-46(39)45(43)42-36(11-6-12-37(42)50-38)47-25-27(26-48(45)47)14-15-28-16-17-31-19-18-29-7-5-8-30-20-21-32(28)41(31)40(29)30/h1-13,16-26H/q+2. The first-order valence-corrected chi connectivity index (χ1v) is 17.0. The normalized spacial score (nSPS) is 16.1. The molecule has 0 aliphatic carbocycles. The Hall–Kier alpha value is -6.90. The van der Waals surface area contributed by atoms with Gasteiger partial charge >= 0.3 is 5.66 Å². The molecule has 6 heterocycles. The largest absolute Gasteiger partial charge is 0.456 e. The van der Waals surface area contributed by atoms with Crippen molar-refractivity contribution in [1.82, 2.24) is 9.25 Å². The molecule has 7 aromatic carbocycles. The summed E-state index contributed by atoms with van der Waals surface area (Å²) >= 11 is 0. The number of nitrogens with zero attached hydrogens (tertiary/aromatic N) is 4. The first-order valence-electron chi connectivity index (χ1n) is 17.0. The molecule has 3 aliphatic heterocycles. The SMILES string of the molecule is C(#Cc1ccc2ccc3cccc4ccc1c2c34)c1cn2[n+](c1)C13c4c(cccc4-2)Oc2ccc4c5ccccc5n(c4c21)-c1cccc[n+]13. The maximum Gasteiger partial charge on any atom is 0.397 e. The van der Waals surface area contributed by atoms with Crippen LogP contribution in [0.4, 0.5) is 0 Å². The van der Waals surface area contributed by atoms with Crippen molar-refractivity contribution >= 4 is 54.1 Å². The first-order chi connectivity index (χ1) is 24.8. The highest BCUT2D eigenvalue weighted by molar-refractivity contribution is 6.24. The topological polar surface area (TPSA) is 26.8 Å². The lowest BCUT2D eigenvalue weighted by atomic mass is 9.84. The van der Waals surface area contributed by atoms with Crippen molar-refractivity contribution in [3.63, 3.8) is 0 Å². The molecule has 10 aromatic rings. The van der Waals surface area contributed by atoms with Crippen LogP contribution >= 0.6 is 0 Å². The van der Waals surface area contributed by atoms with E-state index in [4.69, 9.17) is 4.74 Å². The molecule has 228 valence electrons. The minimum atomic E-state index is -0.715. The maximum atomic E-state index is 6.79. The van der Waals surface area contributed by atoms with E-state index in [-0.39, 0.29) is 0 Å². The molecular weight excluding hydrogens is 613 g/mol. The second-order valence-corrected chi connectivity index (χ2v) is 13.7. The Balaban J connectivity index is 1.10. The molecule has 0 saturated carbocycles. The Morgan fingerprint density at radius 1 is 0.600 bits per heavy atom. The van der Waals surface area contributed by atoms with E-state index in [0.717, 1.165) is 45.3 Å². The number of rotatable bonds is 0. The monoisotopic (exact) mass is 636 g/mol. The third-order valence-electron chi connectivity index (χ3n) is 11.3. The van der Waals surface area contributed by atoms with Gasteiger partial charge in [-0.05, 0) is 80.8 Å². The summed E-state index contributed by atoms with van der Waals surface area (Å²) in [4.78, 5) is 0. The third-order valence-corrected chi connectivity index (χ3v) is 11.3. The van der Waals surface area contributed by atoms with Crippen molar-refractivity contribution in [2.24, 2.45) is 0 Å².